The van der Waals surface area contributed by atoms with Crippen molar-refractivity contribution in [3.8, 4) is 5.75 Å². The topological polar surface area (TPSA) is 31.2 Å². The number of aromatic nitrogens is 1. The third kappa shape index (κ3) is 2.65. The van der Waals surface area contributed by atoms with Gasteiger partial charge in [0.25, 0.3) is 0 Å². The Morgan fingerprint density at radius 2 is 2.05 bits per heavy atom. The van der Waals surface area contributed by atoms with Gasteiger partial charge in [0.1, 0.15) is 11.6 Å². The fraction of sp³-hybridized carbons (Fsp3) is 0.118. The van der Waals surface area contributed by atoms with E-state index in [9.17, 15) is 9.18 Å². The number of Topliss-reactive ketones (excluding diaryl/α,β-unsaturated/α-hetero) is 1. The van der Waals surface area contributed by atoms with Gasteiger partial charge < -0.3 is 9.30 Å². The number of rotatable bonds is 4. The van der Waals surface area contributed by atoms with E-state index in [-0.39, 0.29) is 12.3 Å². The SMILES string of the molecule is COc1ccc2c(ccn2CC(=O)c2cccc(F)c2)c1. The number of methoxy groups -OCH3 is 1. The van der Waals surface area contributed by atoms with Gasteiger partial charge in [-0.1, -0.05) is 12.1 Å². The van der Waals surface area contributed by atoms with Crippen LogP contribution in [0.2, 0.25) is 0 Å². The van der Waals surface area contributed by atoms with Crippen LogP contribution >= 0.6 is 0 Å². The van der Waals surface area contributed by atoms with Crippen LogP contribution in [-0.4, -0.2) is 17.5 Å². The summed E-state index contributed by atoms with van der Waals surface area (Å²) in [5.41, 5.74) is 1.32. The molecule has 0 saturated carbocycles. The van der Waals surface area contributed by atoms with E-state index in [0.717, 1.165) is 16.7 Å². The summed E-state index contributed by atoms with van der Waals surface area (Å²) in [5.74, 6) is 0.252. The molecule has 0 saturated heterocycles. The summed E-state index contributed by atoms with van der Waals surface area (Å²) in [7, 11) is 1.62. The average molecular weight is 283 g/mol. The molecule has 0 fully saturated rings. The van der Waals surface area contributed by atoms with Crippen molar-refractivity contribution in [2.24, 2.45) is 0 Å². The predicted molar refractivity (Wildman–Crippen MR) is 79.2 cm³/mol. The summed E-state index contributed by atoms with van der Waals surface area (Å²) in [6.07, 6.45) is 1.85. The van der Waals surface area contributed by atoms with E-state index in [1.54, 1.807) is 19.2 Å². The molecule has 0 amide bonds. The summed E-state index contributed by atoms with van der Waals surface area (Å²) in [6, 6.07) is 13.4. The molecule has 21 heavy (non-hydrogen) atoms. The van der Waals surface area contributed by atoms with Gasteiger partial charge >= 0.3 is 0 Å². The van der Waals surface area contributed by atoms with Crippen LogP contribution in [0.5, 0.6) is 5.75 Å². The van der Waals surface area contributed by atoms with Crippen LogP contribution in [0.4, 0.5) is 4.39 Å². The van der Waals surface area contributed by atoms with Crippen molar-refractivity contribution in [3.05, 3.63) is 66.1 Å². The lowest BCUT2D eigenvalue weighted by Gasteiger charge is -2.06. The third-order valence-electron chi connectivity index (χ3n) is 3.44. The maximum absolute atomic E-state index is 13.2. The molecule has 0 aliphatic carbocycles. The summed E-state index contributed by atoms with van der Waals surface area (Å²) in [6.45, 7) is 0.180. The molecule has 0 unspecified atom stereocenters. The minimum absolute atomic E-state index is 0.122. The molecule has 1 heterocycles. The highest BCUT2D eigenvalue weighted by atomic mass is 19.1. The first kappa shape index (κ1) is 13.4. The molecule has 0 atom stereocenters. The van der Waals surface area contributed by atoms with E-state index in [0.29, 0.717) is 5.56 Å². The van der Waals surface area contributed by atoms with Gasteiger partial charge in [0.05, 0.1) is 13.7 Å². The smallest absolute Gasteiger partial charge is 0.182 e. The Balaban J connectivity index is 1.89. The van der Waals surface area contributed by atoms with Crippen molar-refractivity contribution in [1.29, 1.82) is 0 Å². The fourth-order valence-electron chi connectivity index (χ4n) is 2.35. The molecule has 2 aromatic carbocycles. The molecule has 0 radical (unpaired) electrons. The van der Waals surface area contributed by atoms with E-state index >= 15 is 0 Å². The molecule has 4 heteroatoms. The average Bonchev–Trinajstić information content (AvgIpc) is 2.89. The van der Waals surface area contributed by atoms with E-state index in [1.165, 1.54) is 12.1 Å². The van der Waals surface area contributed by atoms with Crippen LogP contribution in [0.3, 0.4) is 0 Å². The molecule has 0 N–H and O–H groups in total. The molecule has 3 aromatic rings. The highest BCUT2D eigenvalue weighted by Crippen LogP contribution is 2.22. The summed E-state index contributed by atoms with van der Waals surface area (Å²) in [4.78, 5) is 12.2. The van der Waals surface area contributed by atoms with Crippen LogP contribution in [0.15, 0.2) is 54.7 Å². The van der Waals surface area contributed by atoms with Crippen molar-refractivity contribution in [1.82, 2.24) is 4.57 Å². The Hall–Kier alpha value is -2.62. The normalized spacial score (nSPS) is 10.8. The zero-order valence-corrected chi connectivity index (χ0v) is 11.5. The summed E-state index contributed by atoms with van der Waals surface area (Å²) in [5, 5.41) is 1.00. The molecule has 106 valence electrons. The molecule has 3 rings (SSSR count). The Morgan fingerprint density at radius 3 is 2.81 bits per heavy atom. The highest BCUT2D eigenvalue weighted by molar-refractivity contribution is 5.97. The van der Waals surface area contributed by atoms with Crippen molar-refractivity contribution < 1.29 is 13.9 Å². The Bertz CT molecular complexity index is 807. The first-order chi connectivity index (χ1) is 10.2. The number of nitrogens with zero attached hydrogens (tertiary/aromatic N) is 1. The van der Waals surface area contributed by atoms with Crippen molar-refractivity contribution >= 4 is 16.7 Å². The number of fused-ring (bicyclic) bond motifs is 1. The van der Waals surface area contributed by atoms with Gasteiger partial charge in [-0.05, 0) is 36.4 Å². The molecular weight excluding hydrogens is 269 g/mol. The van der Waals surface area contributed by atoms with Crippen LogP contribution in [0.1, 0.15) is 10.4 Å². The number of ketones is 1. The number of ether oxygens (including phenoxy) is 1. The van der Waals surface area contributed by atoms with E-state index in [4.69, 9.17) is 4.74 Å². The molecule has 0 aliphatic heterocycles. The van der Waals surface area contributed by atoms with Crippen molar-refractivity contribution in [2.75, 3.05) is 7.11 Å². The van der Waals surface area contributed by atoms with Gasteiger partial charge in [0.15, 0.2) is 5.78 Å². The van der Waals surface area contributed by atoms with Gasteiger partial charge in [-0.25, -0.2) is 4.39 Å². The number of hydrogen-bond donors (Lipinski definition) is 0. The molecule has 0 aliphatic rings. The monoisotopic (exact) mass is 283 g/mol. The van der Waals surface area contributed by atoms with Crippen LogP contribution in [0.25, 0.3) is 10.9 Å². The van der Waals surface area contributed by atoms with Crippen LogP contribution in [0, 0.1) is 5.82 Å². The molecular formula is C17H14FNO2. The lowest BCUT2D eigenvalue weighted by atomic mass is 10.1. The Morgan fingerprint density at radius 1 is 1.19 bits per heavy atom. The minimum atomic E-state index is -0.400. The van der Waals surface area contributed by atoms with Gasteiger partial charge in [0, 0.05) is 22.7 Å². The number of carbonyl (C=O) groups is 1. The standard InChI is InChI=1S/C17H14FNO2/c1-21-15-5-6-16-12(10-15)7-8-19(16)11-17(20)13-3-2-4-14(18)9-13/h2-10H,11H2,1H3. The predicted octanol–water partition coefficient (Wildman–Crippen LogP) is 3.67. The number of carbonyl (C=O) groups excluding carboxylic acids is 1. The molecule has 3 nitrogen and oxygen atoms in total. The van der Waals surface area contributed by atoms with E-state index in [1.807, 2.05) is 35.0 Å². The van der Waals surface area contributed by atoms with E-state index in [2.05, 4.69) is 0 Å². The largest absolute Gasteiger partial charge is 0.497 e. The van der Waals surface area contributed by atoms with Crippen LogP contribution < -0.4 is 4.74 Å². The fourth-order valence-corrected chi connectivity index (χ4v) is 2.35. The summed E-state index contributed by atoms with van der Waals surface area (Å²) >= 11 is 0. The lowest BCUT2D eigenvalue weighted by molar-refractivity contribution is 0.0973. The van der Waals surface area contributed by atoms with Crippen molar-refractivity contribution in [2.45, 2.75) is 6.54 Å². The van der Waals surface area contributed by atoms with Crippen molar-refractivity contribution in [3.63, 3.8) is 0 Å². The lowest BCUT2D eigenvalue weighted by Crippen LogP contribution is -2.09. The van der Waals surface area contributed by atoms with Gasteiger partial charge in [-0.2, -0.15) is 0 Å². The van der Waals surface area contributed by atoms with Gasteiger partial charge in [-0.3, -0.25) is 4.79 Å². The molecule has 1 aromatic heterocycles. The summed E-state index contributed by atoms with van der Waals surface area (Å²) < 4.78 is 20.2. The van der Waals surface area contributed by atoms with E-state index < -0.39 is 5.82 Å². The first-order valence-electron chi connectivity index (χ1n) is 6.59. The number of benzene rings is 2. The minimum Gasteiger partial charge on any atom is -0.497 e. The second kappa shape index (κ2) is 5.40. The first-order valence-corrected chi connectivity index (χ1v) is 6.59. The zero-order chi connectivity index (χ0) is 14.8. The van der Waals surface area contributed by atoms with Crippen LogP contribution in [-0.2, 0) is 6.54 Å². The quantitative estimate of drug-likeness (QED) is 0.684. The molecule has 0 spiro atoms. The number of hydrogen-bond acceptors (Lipinski definition) is 2. The second-order valence-corrected chi connectivity index (χ2v) is 4.80. The second-order valence-electron chi connectivity index (χ2n) is 4.80. The molecule has 0 bridgehead atoms. The van der Waals surface area contributed by atoms with Gasteiger partial charge in [-0.15, -0.1) is 0 Å². The Labute approximate surface area is 121 Å². The maximum atomic E-state index is 13.2. The van der Waals surface area contributed by atoms with Gasteiger partial charge in [0.2, 0.25) is 0 Å². The zero-order valence-electron chi connectivity index (χ0n) is 11.5. The Kier molecular flexibility index (Phi) is 3.44. The highest BCUT2D eigenvalue weighted by Gasteiger charge is 2.10. The number of halogens is 1. The third-order valence-corrected chi connectivity index (χ3v) is 3.44. The maximum Gasteiger partial charge on any atom is 0.182 e.